The average Bonchev–Trinajstić information content (AvgIpc) is 2.72. The van der Waals surface area contributed by atoms with Crippen LogP contribution in [0.5, 0.6) is 0 Å². The molecular weight excluding hydrogens is 387 g/mol. The Hall–Kier alpha value is -1.60. The van der Waals surface area contributed by atoms with E-state index >= 15 is 0 Å². The summed E-state index contributed by atoms with van der Waals surface area (Å²) in [6.07, 6.45) is 0. The van der Waals surface area contributed by atoms with Crippen molar-refractivity contribution in [1.82, 2.24) is 10.2 Å². The van der Waals surface area contributed by atoms with Gasteiger partial charge in [0.2, 0.25) is 0 Å². The van der Waals surface area contributed by atoms with E-state index in [0.29, 0.717) is 0 Å². The minimum atomic E-state index is 0.992. The van der Waals surface area contributed by atoms with E-state index in [-0.39, 0.29) is 0 Å². The average molecular weight is 404 g/mol. The van der Waals surface area contributed by atoms with Crippen molar-refractivity contribution in [2.24, 2.45) is 4.99 Å². The van der Waals surface area contributed by atoms with Gasteiger partial charge in [-0.05, 0) is 52.9 Å². The molecule has 0 bridgehead atoms. The van der Waals surface area contributed by atoms with Crippen molar-refractivity contribution < 1.29 is 0 Å². The Morgan fingerprint density at radius 3 is 2.68 bits per heavy atom. The molecule has 0 atom stereocenters. The highest BCUT2D eigenvalue weighted by Crippen LogP contribution is 2.35. The van der Waals surface area contributed by atoms with Gasteiger partial charge < -0.3 is 15.5 Å². The SMILES string of the molecule is Ic1ccc2c(c1)N=C(N1CCNCC1)c1ccccc1N2. The second-order valence-corrected chi connectivity index (χ2v) is 6.75. The van der Waals surface area contributed by atoms with Crippen LogP contribution in [0.4, 0.5) is 17.1 Å². The molecule has 0 aromatic heterocycles. The molecule has 0 amide bonds. The number of fused-ring (bicyclic) bond motifs is 2. The van der Waals surface area contributed by atoms with E-state index in [1.165, 1.54) is 9.13 Å². The molecule has 112 valence electrons. The van der Waals surface area contributed by atoms with Gasteiger partial charge in [-0.3, -0.25) is 0 Å². The van der Waals surface area contributed by atoms with Crippen molar-refractivity contribution in [3.05, 3.63) is 51.6 Å². The molecule has 0 aliphatic carbocycles. The first-order valence-electron chi connectivity index (χ1n) is 7.51. The summed E-state index contributed by atoms with van der Waals surface area (Å²) in [5.41, 5.74) is 4.38. The first kappa shape index (κ1) is 14.0. The lowest BCUT2D eigenvalue weighted by Gasteiger charge is -2.30. The van der Waals surface area contributed by atoms with Gasteiger partial charge in [0.15, 0.2) is 0 Å². The molecule has 0 saturated carbocycles. The molecule has 2 N–H and O–H groups in total. The van der Waals surface area contributed by atoms with Gasteiger partial charge in [0.05, 0.1) is 11.4 Å². The minimum Gasteiger partial charge on any atom is -0.353 e. The minimum absolute atomic E-state index is 0.992. The molecule has 1 fully saturated rings. The van der Waals surface area contributed by atoms with Gasteiger partial charge in [0.1, 0.15) is 5.84 Å². The van der Waals surface area contributed by atoms with Crippen LogP contribution in [0.15, 0.2) is 47.5 Å². The van der Waals surface area contributed by atoms with Crippen LogP contribution < -0.4 is 10.6 Å². The molecule has 2 heterocycles. The quantitative estimate of drug-likeness (QED) is 0.662. The fraction of sp³-hybridized carbons (Fsp3) is 0.235. The zero-order valence-corrected chi connectivity index (χ0v) is 14.3. The van der Waals surface area contributed by atoms with Crippen LogP contribution in [-0.4, -0.2) is 36.9 Å². The Bertz CT molecular complexity index is 735. The van der Waals surface area contributed by atoms with Gasteiger partial charge in [-0.2, -0.15) is 0 Å². The number of hydrogen-bond donors (Lipinski definition) is 2. The number of nitrogens with one attached hydrogen (secondary N) is 2. The number of anilines is 2. The Morgan fingerprint density at radius 2 is 1.82 bits per heavy atom. The molecule has 2 aliphatic rings. The first-order chi connectivity index (χ1) is 10.8. The second kappa shape index (κ2) is 5.89. The Kier molecular flexibility index (Phi) is 3.75. The smallest absolute Gasteiger partial charge is 0.138 e. The van der Waals surface area contributed by atoms with Crippen LogP contribution in [0.1, 0.15) is 5.56 Å². The molecule has 2 aliphatic heterocycles. The lowest BCUT2D eigenvalue weighted by atomic mass is 10.1. The highest BCUT2D eigenvalue weighted by molar-refractivity contribution is 14.1. The Labute approximate surface area is 143 Å². The van der Waals surface area contributed by atoms with Crippen molar-refractivity contribution in [2.45, 2.75) is 0 Å². The number of benzene rings is 2. The largest absolute Gasteiger partial charge is 0.353 e. The molecule has 22 heavy (non-hydrogen) atoms. The third-order valence-electron chi connectivity index (χ3n) is 4.04. The van der Waals surface area contributed by atoms with Crippen molar-refractivity contribution >= 4 is 45.5 Å². The molecule has 4 nitrogen and oxygen atoms in total. The number of para-hydroxylation sites is 1. The maximum absolute atomic E-state index is 5.01. The van der Waals surface area contributed by atoms with Gasteiger partial charge in [0.25, 0.3) is 0 Å². The zero-order valence-electron chi connectivity index (χ0n) is 12.1. The van der Waals surface area contributed by atoms with Gasteiger partial charge in [-0.1, -0.05) is 12.1 Å². The van der Waals surface area contributed by atoms with Crippen LogP contribution in [0.2, 0.25) is 0 Å². The summed E-state index contributed by atoms with van der Waals surface area (Å²) in [6, 6.07) is 14.8. The fourth-order valence-corrected chi connectivity index (χ4v) is 3.40. The van der Waals surface area contributed by atoms with E-state index in [9.17, 15) is 0 Å². The van der Waals surface area contributed by atoms with E-state index in [1.807, 2.05) is 0 Å². The highest BCUT2D eigenvalue weighted by atomic mass is 127. The Morgan fingerprint density at radius 1 is 1.00 bits per heavy atom. The van der Waals surface area contributed by atoms with Gasteiger partial charge in [-0.15, -0.1) is 0 Å². The van der Waals surface area contributed by atoms with E-state index in [0.717, 1.165) is 49.1 Å². The van der Waals surface area contributed by atoms with Crippen molar-refractivity contribution in [1.29, 1.82) is 0 Å². The summed E-state index contributed by atoms with van der Waals surface area (Å²) < 4.78 is 1.20. The van der Waals surface area contributed by atoms with E-state index < -0.39 is 0 Å². The zero-order chi connectivity index (χ0) is 14.9. The van der Waals surface area contributed by atoms with Gasteiger partial charge in [-0.25, -0.2) is 4.99 Å². The summed E-state index contributed by atoms with van der Waals surface area (Å²) >= 11 is 2.34. The topological polar surface area (TPSA) is 39.7 Å². The number of nitrogens with zero attached hydrogens (tertiary/aromatic N) is 2. The number of rotatable bonds is 0. The maximum Gasteiger partial charge on any atom is 0.138 e. The van der Waals surface area contributed by atoms with Crippen molar-refractivity contribution in [3.63, 3.8) is 0 Å². The molecule has 0 spiro atoms. The summed E-state index contributed by atoms with van der Waals surface area (Å²) in [7, 11) is 0. The molecule has 1 saturated heterocycles. The summed E-state index contributed by atoms with van der Waals surface area (Å²) in [5.74, 6) is 1.07. The van der Waals surface area contributed by atoms with E-state index in [2.05, 4.69) is 80.6 Å². The van der Waals surface area contributed by atoms with Crippen molar-refractivity contribution in [2.75, 3.05) is 31.5 Å². The van der Waals surface area contributed by atoms with Crippen LogP contribution in [0.3, 0.4) is 0 Å². The van der Waals surface area contributed by atoms with Gasteiger partial charge in [0, 0.05) is 41.0 Å². The molecule has 5 heteroatoms. The van der Waals surface area contributed by atoms with Gasteiger partial charge >= 0.3 is 0 Å². The second-order valence-electron chi connectivity index (χ2n) is 5.50. The highest BCUT2D eigenvalue weighted by Gasteiger charge is 2.22. The number of piperazine rings is 1. The van der Waals surface area contributed by atoms with E-state index in [4.69, 9.17) is 4.99 Å². The maximum atomic E-state index is 5.01. The number of hydrogen-bond acceptors (Lipinski definition) is 4. The standard InChI is InChI=1S/C17H17IN4/c18-12-5-6-15-16(11-12)21-17(22-9-7-19-8-10-22)13-3-1-2-4-14(13)20-15/h1-6,11,19-20H,7-10H2. The molecular formula is C17H17IN4. The third kappa shape index (κ3) is 2.59. The Balaban J connectivity index is 1.88. The lowest BCUT2D eigenvalue weighted by Crippen LogP contribution is -2.46. The molecule has 0 unspecified atom stereocenters. The predicted molar refractivity (Wildman–Crippen MR) is 99.5 cm³/mol. The predicted octanol–water partition coefficient (Wildman–Crippen LogP) is 3.33. The monoisotopic (exact) mass is 404 g/mol. The summed E-state index contributed by atoms with van der Waals surface area (Å²) in [4.78, 5) is 7.39. The molecule has 2 aromatic rings. The van der Waals surface area contributed by atoms with E-state index in [1.54, 1.807) is 0 Å². The molecule has 4 rings (SSSR count). The third-order valence-corrected chi connectivity index (χ3v) is 4.71. The fourth-order valence-electron chi connectivity index (χ4n) is 2.93. The summed E-state index contributed by atoms with van der Waals surface area (Å²) in [6.45, 7) is 4.00. The van der Waals surface area contributed by atoms with Crippen molar-refractivity contribution in [3.8, 4) is 0 Å². The van der Waals surface area contributed by atoms with Crippen LogP contribution in [-0.2, 0) is 0 Å². The van der Waals surface area contributed by atoms with Crippen LogP contribution >= 0.6 is 22.6 Å². The lowest BCUT2D eigenvalue weighted by molar-refractivity contribution is 0.358. The van der Waals surface area contributed by atoms with Crippen LogP contribution in [0, 0.1) is 3.57 Å². The molecule has 0 radical (unpaired) electrons. The first-order valence-corrected chi connectivity index (χ1v) is 8.59. The number of aliphatic imine (C=N–C) groups is 1. The van der Waals surface area contributed by atoms with Crippen LogP contribution in [0.25, 0.3) is 0 Å². The summed E-state index contributed by atoms with van der Waals surface area (Å²) in [5, 5.41) is 6.95. The normalized spacial score (nSPS) is 17.0. The number of halogens is 1. The molecule has 2 aromatic carbocycles. The number of amidine groups is 1.